The van der Waals surface area contributed by atoms with Crippen LogP contribution in [0.4, 0.5) is 5.69 Å². The Morgan fingerprint density at radius 1 is 1.05 bits per heavy atom. The summed E-state index contributed by atoms with van der Waals surface area (Å²) in [5.74, 6) is -0.193. The largest absolute Gasteiger partial charge is 0.508 e. The van der Waals surface area contributed by atoms with Crippen molar-refractivity contribution < 1.29 is 14.7 Å². The molecule has 1 saturated heterocycles. The first-order chi connectivity index (χ1) is 10.0. The fraction of sp³-hybridized carbons (Fsp3) is 0.467. The van der Waals surface area contributed by atoms with Crippen molar-refractivity contribution in [3.8, 4) is 5.75 Å². The van der Waals surface area contributed by atoms with E-state index in [4.69, 9.17) is 0 Å². The van der Waals surface area contributed by atoms with Crippen molar-refractivity contribution in [3.05, 3.63) is 24.3 Å². The number of carbonyl (C=O) groups is 2. The molecule has 0 unspecified atom stereocenters. The minimum Gasteiger partial charge on any atom is -0.508 e. The van der Waals surface area contributed by atoms with Crippen LogP contribution in [-0.4, -0.2) is 26.6 Å². The number of halogens is 2. The number of anilines is 1. The first-order valence-electron chi connectivity index (χ1n) is 6.95. The quantitative estimate of drug-likeness (QED) is 0.567. The minimum atomic E-state index is -0.219. The standard InChI is InChI=1S/C15H13Br2NO3/c16-12-8-5-9(13(12)17)11-10(8)14(20)18(15(11)21)6-2-1-3-7(19)4-6/h1-4,8-13,19H,5H2/t8-,9-,10-,11+,12-,13+/m1/s1. The first-order valence-corrected chi connectivity index (χ1v) is 8.79. The lowest BCUT2D eigenvalue weighted by molar-refractivity contribution is -0.123. The molecule has 6 atom stereocenters. The summed E-state index contributed by atoms with van der Waals surface area (Å²) in [6.07, 6.45) is 0.923. The summed E-state index contributed by atoms with van der Waals surface area (Å²) in [5.41, 5.74) is 0.469. The van der Waals surface area contributed by atoms with Gasteiger partial charge in [-0.15, -0.1) is 0 Å². The number of alkyl halides is 2. The number of imide groups is 1. The van der Waals surface area contributed by atoms with Crippen molar-refractivity contribution in [3.63, 3.8) is 0 Å². The predicted molar refractivity (Wildman–Crippen MR) is 84.6 cm³/mol. The smallest absolute Gasteiger partial charge is 0.238 e. The molecule has 110 valence electrons. The minimum absolute atomic E-state index is 0.0601. The lowest BCUT2D eigenvalue weighted by Crippen LogP contribution is -2.37. The zero-order chi connectivity index (χ0) is 14.9. The molecule has 0 radical (unpaired) electrons. The highest BCUT2D eigenvalue weighted by atomic mass is 79.9. The second kappa shape index (κ2) is 4.56. The van der Waals surface area contributed by atoms with E-state index >= 15 is 0 Å². The Balaban J connectivity index is 1.75. The maximum atomic E-state index is 12.7. The molecule has 3 fully saturated rings. The molecule has 2 saturated carbocycles. The predicted octanol–water partition coefficient (Wildman–Crippen LogP) is 2.67. The van der Waals surface area contributed by atoms with Crippen LogP contribution in [0.1, 0.15) is 6.42 Å². The zero-order valence-electron chi connectivity index (χ0n) is 10.9. The van der Waals surface area contributed by atoms with Crippen molar-refractivity contribution in [1.29, 1.82) is 0 Å². The van der Waals surface area contributed by atoms with E-state index < -0.39 is 0 Å². The monoisotopic (exact) mass is 413 g/mol. The number of hydrogen-bond acceptors (Lipinski definition) is 3. The van der Waals surface area contributed by atoms with Crippen LogP contribution in [-0.2, 0) is 9.59 Å². The molecule has 1 heterocycles. The third kappa shape index (κ3) is 1.72. The summed E-state index contributed by atoms with van der Waals surface area (Å²) < 4.78 is 0. The molecule has 4 rings (SSSR count). The summed E-state index contributed by atoms with van der Waals surface area (Å²) in [6.45, 7) is 0. The van der Waals surface area contributed by atoms with Gasteiger partial charge in [-0.2, -0.15) is 0 Å². The summed E-state index contributed by atoms with van der Waals surface area (Å²) >= 11 is 7.33. The van der Waals surface area contributed by atoms with E-state index in [1.807, 2.05) is 0 Å². The maximum Gasteiger partial charge on any atom is 0.238 e. The van der Waals surface area contributed by atoms with Gasteiger partial charge in [0, 0.05) is 15.7 Å². The van der Waals surface area contributed by atoms with E-state index in [0.29, 0.717) is 5.69 Å². The normalized spacial score (nSPS) is 41.0. The van der Waals surface area contributed by atoms with E-state index in [2.05, 4.69) is 31.9 Å². The molecule has 2 amide bonds. The van der Waals surface area contributed by atoms with E-state index in [-0.39, 0.29) is 50.9 Å². The lowest BCUT2D eigenvalue weighted by atomic mass is 9.81. The van der Waals surface area contributed by atoms with E-state index in [1.165, 1.54) is 17.0 Å². The van der Waals surface area contributed by atoms with Crippen molar-refractivity contribution in [2.24, 2.45) is 23.7 Å². The average molecular weight is 415 g/mol. The number of benzene rings is 1. The first kappa shape index (κ1) is 13.8. The molecular formula is C15H13Br2NO3. The van der Waals surface area contributed by atoms with E-state index in [9.17, 15) is 14.7 Å². The van der Waals surface area contributed by atoms with Gasteiger partial charge in [-0.25, -0.2) is 4.90 Å². The highest BCUT2D eigenvalue weighted by molar-refractivity contribution is 9.12. The van der Waals surface area contributed by atoms with Gasteiger partial charge in [0.1, 0.15) is 5.75 Å². The fourth-order valence-corrected chi connectivity index (χ4v) is 6.11. The van der Waals surface area contributed by atoms with Gasteiger partial charge < -0.3 is 5.11 Å². The van der Waals surface area contributed by atoms with Crippen LogP contribution < -0.4 is 4.90 Å². The van der Waals surface area contributed by atoms with Crippen LogP contribution in [0.15, 0.2) is 24.3 Å². The van der Waals surface area contributed by atoms with Gasteiger partial charge in [-0.05, 0) is 30.4 Å². The highest BCUT2D eigenvalue weighted by Crippen LogP contribution is 2.60. The van der Waals surface area contributed by atoms with Crippen molar-refractivity contribution >= 4 is 49.4 Å². The Morgan fingerprint density at radius 2 is 1.62 bits per heavy atom. The Labute approximate surface area is 138 Å². The van der Waals surface area contributed by atoms with Gasteiger partial charge >= 0.3 is 0 Å². The van der Waals surface area contributed by atoms with Gasteiger partial charge in [0.2, 0.25) is 11.8 Å². The molecule has 1 N–H and O–H groups in total. The Morgan fingerprint density at radius 3 is 2.14 bits per heavy atom. The fourth-order valence-electron chi connectivity index (χ4n) is 4.24. The number of phenolic OH excluding ortho intramolecular Hbond substituents is 1. The van der Waals surface area contributed by atoms with Crippen LogP contribution >= 0.6 is 31.9 Å². The lowest BCUT2D eigenvalue weighted by Gasteiger charge is -2.28. The maximum absolute atomic E-state index is 12.7. The molecular weight excluding hydrogens is 402 g/mol. The number of aromatic hydroxyl groups is 1. The van der Waals surface area contributed by atoms with Crippen LogP contribution in [0.2, 0.25) is 0 Å². The van der Waals surface area contributed by atoms with Crippen molar-refractivity contribution in [2.75, 3.05) is 4.90 Å². The number of rotatable bonds is 1. The SMILES string of the molecule is O=C1[C@@H]2[C@H]3C[C@@H]([C@H](Br)[C@@H]3Br)[C@@H]2C(=O)N1c1cccc(O)c1. The van der Waals surface area contributed by atoms with Gasteiger partial charge in [0.25, 0.3) is 0 Å². The number of fused-ring (bicyclic) bond motifs is 5. The van der Waals surface area contributed by atoms with Crippen LogP contribution in [0.3, 0.4) is 0 Å². The molecule has 2 bridgehead atoms. The number of carbonyl (C=O) groups excluding carboxylic acids is 2. The topological polar surface area (TPSA) is 57.6 Å². The second-order valence-corrected chi connectivity index (χ2v) is 8.15. The van der Waals surface area contributed by atoms with Gasteiger partial charge in [0.15, 0.2) is 0 Å². The summed E-state index contributed by atoms with van der Waals surface area (Å²) in [4.78, 5) is 27.2. The Kier molecular flexibility index (Phi) is 2.99. The van der Waals surface area contributed by atoms with Gasteiger partial charge in [0.05, 0.1) is 17.5 Å². The zero-order valence-corrected chi connectivity index (χ0v) is 14.1. The van der Waals surface area contributed by atoms with Crippen LogP contribution in [0, 0.1) is 23.7 Å². The Bertz CT molecular complexity index is 618. The van der Waals surface area contributed by atoms with E-state index in [1.54, 1.807) is 12.1 Å². The second-order valence-electron chi connectivity index (χ2n) is 6.04. The Hall–Kier alpha value is -0.880. The van der Waals surface area contributed by atoms with Gasteiger partial charge in [-0.3, -0.25) is 9.59 Å². The van der Waals surface area contributed by atoms with Crippen molar-refractivity contribution in [2.45, 2.75) is 16.1 Å². The molecule has 4 nitrogen and oxygen atoms in total. The van der Waals surface area contributed by atoms with Crippen LogP contribution in [0.25, 0.3) is 0 Å². The molecule has 6 heteroatoms. The molecule has 0 aromatic heterocycles. The molecule has 21 heavy (non-hydrogen) atoms. The molecule has 1 aromatic carbocycles. The number of phenols is 1. The number of amides is 2. The van der Waals surface area contributed by atoms with E-state index in [0.717, 1.165) is 6.42 Å². The molecule has 1 aromatic rings. The third-order valence-corrected chi connectivity index (χ3v) is 8.28. The molecule has 0 spiro atoms. The highest BCUT2D eigenvalue weighted by Gasteiger charge is 2.66. The number of hydrogen-bond donors (Lipinski definition) is 1. The summed E-state index contributed by atoms with van der Waals surface area (Å²) in [7, 11) is 0. The number of nitrogens with zero attached hydrogens (tertiary/aromatic N) is 1. The summed E-state index contributed by atoms with van der Waals surface area (Å²) in [6, 6.07) is 6.34. The summed E-state index contributed by atoms with van der Waals surface area (Å²) in [5, 5.41) is 9.59. The van der Waals surface area contributed by atoms with Crippen molar-refractivity contribution in [1.82, 2.24) is 0 Å². The molecule has 1 aliphatic heterocycles. The molecule has 2 aliphatic carbocycles. The van der Waals surface area contributed by atoms with Gasteiger partial charge in [-0.1, -0.05) is 37.9 Å². The molecule has 3 aliphatic rings. The third-order valence-electron chi connectivity index (χ3n) is 5.08. The average Bonchev–Trinajstić information content (AvgIpc) is 3.04. The van der Waals surface area contributed by atoms with Crippen LogP contribution in [0.5, 0.6) is 5.75 Å².